The van der Waals surface area contributed by atoms with Crippen LogP contribution in [0.25, 0.3) is 11.4 Å². The summed E-state index contributed by atoms with van der Waals surface area (Å²) in [6.45, 7) is 5.46. The fourth-order valence-electron chi connectivity index (χ4n) is 4.46. The highest BCUT2D eigenvalue weighted by atomic mass is 35.5. The van der Waals surface area contributed by atoms with Gasteiger partial charge in [-0.3, -0.25) is 4.79 Å². The van der Waals surface area contributed by atoms with Crippen LogP contribution in [0.15, 0.2) is 53.3 Å². The second-order valence-electron chi connectivity index (χ2n) is 9.85. The third-order valence-corrected chi connectivity index (χ3v) is 6.62. The monoisotopic (exact) mass is 516 g/mol. The summed E-state index contributed by atoms with van der Waals surface area (Å²) in [5, 5.41) is 5.00. The molecule has 2 aromatic carbocycles. The zero-order chi connectivity index (χ0) is 25.9. The van der Waals surface area contributed by atoms with Crippen LogP contribution in [-0.2, 0) is 17.6 Å². The lowest BCUT2D eigenvalue weighted by Gasteiger charge is -2.31. The van der Waals surface area contributed by atoms with Gasteiger partial charge in [0.15, 0.2) is 0 Å². The van der Waals surface area contributed by atoms with E-state index in [1.165, 1.54) is 9.25 Å². The van der Waals surface area contributed by atoms with Gasteiger partial charge in [-0.25, -0.2) is 18.1 Å². The number of piperidine rings is 1. The summed E-state index contributed by atoms with van der Waals surface area (Å²) in [6, 6.07) is 14.4. The number of nitrogens with zero attached hydrogens (tertiary/aromatic N) is 4. The summed E-state index contributed by atoms with van der Waals surface area (Å²) in [5.41, 5.74) is 1.80. The number of Topliss-reactive ketones (excluding diaryl/α,β-unsaturated/α-hetero) is 1. The largest absolute Gasteiger partial charge is 0.355 e. The normalized spacial score (nSPS) is 15.9. The zero-order valence-corrected chi connectivity index (χ0v) is 21.3. The van der Waals surface area contributed by atoms with Crippen molar-refractivity contribution >= 4 is 17.4 Å². The van der Waals surface area contributed by atoms with Gasteiger partial charge in [-0.1, -0.05) is 43.6 Å². The molecule has 3 aromatic rings. The van der Waals surface area contributed by atoms with Crippen molar-refractivity contribution in [3.05, 3.63) is 75.4 Å². The lowest BCUT2D eigenvalue weighted by molar-refractivity contribution is -0.119. The number of halogens is 3. The molecule has 6 nitrogen and oxygen atoms in total. The number of carbonyl (C=O) groups excluding carboxylic acids is 1. The molecule has 1 aromatic heterocycles. The third-order valence-electron chi connectivity index (χ3n) is 6.39. The highest BCUT2D eigenvalue weighted by Gasteiger charge is 2.33. The SMILES string of the molecule is CC(C)CC(=O)Cc1nn(-c2ccc(CCN3CCC(F)(F)CC3)cc2)c(=O)n1-c1cccc(Cl)c1. The Balaban J connectivity index is 1.55. The van der Waals surface area contributed by atoms with E-state index in [1.807, 2.05) is 38.1 Å². The van der Waals surface area contributed by atoms with Gasteiger partial charge in [0, 0.05) is 43.9 Å². The van der Waals surface area contributed by atoms with Gasteiger partial charge in [0.05, 0.1) is 17.8 Å². The molecule has 36 heavy (non-hydrogen) atoms. The number of ketones is 1. The van der Waals surface area contributed by atoms with Gasteiger partial charge < -0.3 is 4.90 Å². The first kappa shape index (κ1) is 26.2. The molecular formula is C27H31ClF2N4O2. The molecule has 0 amide bonds. The summed E-state index contributed by atoms with van der Waals surface area (Å²) in [5.74, 6) is -1.96. The Morgan fingerprint density at radius 1 is 1.08 bits per heavy atom. The Kier molecular flexibility index (Phi) is 8.05. The number of carbonyl (C=O) groups is 1. The number of benzene rings is 2. The molecule has 0 atom stereocenters. The lowest BCUT2D eigenvalue weighted by atomic mass is 10.1. The minimum absolute atomic E-state index is 0.0104. The Bertz CT molecular complexity index is 1260. The fraction of sp³-hybridized carbons (Fsp3) is 0.444. The van der Waals surface area contributed by atoms with Crippen molar-refractivity contribution in [3.63, 3.8) is 0 Å². The maximum Gasteiger partial charge on any atom is 0.355 e. The smallest absolute Gasteiger partial charge is 0.303 e. The topological polar surface area (TPSA) is 60.1 Å². The van der Waals surface area contributed by atoms with E-state index >= 15 is 0 Å². The molecule has 9 heteroatoms. The maximum atomic E-state index is 13.4. The van der Waals surface area contributed by atoms with E-state index in [2.05, 4.69) is 10.00 Å². The van der Waals surface area contributed by atoms with Crippen LogP contribution < -0.4 is 5.69 Å². The van der Waals surface area contributed by atoms with Gasteiger partial charge in [0.2, 0.25) is 0 Å². The average molecular weight is 517 g/mol. The summed E-state index contributed by atoms with van der Waals surface area (Å²) >= 11 is 6.16. The first-order valence-corrected chi connectivity index (χ1v) is 12.7. The number of rotatable bonds is 9. The molecule has 1 aliphatic heterocycles. The molecule has 0 radical (unpaired) electrons. The second-order valence-corrected chi connectivity index (χ2v) is 10.3. The Hall–Kier alpha value is -2.84. The highest BCUT2D eigenvalue weighted by Crippen LogP contribution is 2.27. The summed E-state index contributed by atoms with van der Waals surface area (Å²) in [7, 11) is 0. The minimum Gasteiger partial charge on any atom is -0.303 e. The Morgan fingerprint density at radius 2 is 1.78 bits per heavy atom. The van der Waals surface area contributed by atoms with E-state index in [-0.39, 0.29) is 36.7 Å². The molecule has 0 bridgehead atoms. The van der Waals surface area contributed by atoms with E-state index in [9.17, 15) is 18.4 Å². The predicted octanol–water partition coefficient (Wildman–Crippen LogP) is 5.11. The number of likely N-dealkylation sites (tertiary alicyclic amines) is 1. The van der Waals surface area contributed by atoms with Gasteiger partial charge in [-0.2, -0.15) is 4.68 Å². The lowest BCUT2D eigenvalue weighted by Crippen LogP contribution is -2.40. The van der Waals surface area contributed by atoms with Crippen LogP contribution in [0.1, 0.15) is 44.5 Å². The van der Waals surface area contributed by atoms with Crippen molar-refractivity contribution in [2.24, 2.45) is 5.92 Å². The van der Waals surface area contributed by atoms with Gasteiger partial charge in [0.25, 0.3) is 5.92 Å². The predicted molar refractivity (Wildman–Crippen MR) is 137 cm³/mol. The Labute approximate surface area is 214 Å². The third kappa shape index (κ3) is 6.48. The van der Waals surface area contributed by atoms with Crippen LogP contribution >= 0.6 is 11.6 Å². The molecule has 0 aliphatic carbocycles. The standard InChI is InChI=1S/C27H31ClF2N4O2/c1-19(2)16-24(35)18-25-31-34(26(36)33(25)23-5-3-4-21(28)17-23)22-8-6-20(7-9-22)10-13-32-14-11-27(29,30)12-15-32/h3-9,17,19H,10-16,18H2,1-2H3. The van der Waals surface area contributed by atoms with E-state index in [4.69, 9.17) is 11.6 Å². The van der Waals surface area contributed by atoms with Crippen LogP contribution in [0.2, 0.25) is 5.02 Å². The molecule has 0 unspecified atom stereocenters. The molecular weight excluding hydrogens is 486 g/mol. The molecule has 192 valence electrons. The van der Waals surface area contributed by atoms with Gasteiger partial charge in [0.1, 0.15) is 11.6 Å². The average Bonchev–Trinajstić information content (AvgIpc) is 3.13. The van der Waals surface area contributed by atoms with Crippen molar-refractivity contribution in [1.29, 1.82) is 0 Å². The number of hydrogen-bond acceptors (Lipinski definition) is 4. The summed E-state index contributed by atoms with van der Waals surface area (Å²) in [4.78, 5) is 28.1. The number of aromatic nitrogens is 3. The van der Waals surface area contributed by atoms with Crippen molar-refractivity contribution in [1.82, 2.24) is 19.2 Å². The summed E-state index contributed by atoms with van der Waals surface area (Å²) < 4.78 is 29.5. The van der Waals surface area contributed by atoms with Gasteiger partial charge >= 0.3 is 5.69 Å². The molecule has 4 rings (SSSR count). The van der Waals surface area contributed by atoms with Crippen LogP contribution in [0.5, 0.6) is 0 Å². The van der Waals surface area contributed by atoms with Crippen molar-refractivity contribution < 1.29 is 13.6 Å². The molecule has 1 saturated heterocycles. The maximum absolute atomic E-state index is 13.4. The van der Waals surface area contributed by atoms with Crippen LogP contribution in [0.3, 0.4) is 0 Å². The quantitative estimate of drug-likeness (QED) is 0.396. The van der Waals surface area contributed by atoms with Gasteiger partial charge in [-0.05, 0) is 48.2 Å². The molecule has 0 spiro atoms. The first-order valence-electron chi connectivity index (χ1n) is 12.3. The minimum atomic E-state index is -2.54. The highest BCUT2D eigenvalue weighted by molar-refractivity contribution is 6.30. The van der Waals surface area contributed by atoms with E-state index in [1.54, 1.807) is 24.3 Å². The van der Waals surface area contributed by atoms with Crippen LogP contribution in [-0.4, -0.2) is 50.6 Å². The van der Waals surface area contributed by atoms with Crippen LogP contribution in [0, 0.1) is 5.92 Å². The second kappa shape index (κ2) is 11.0. The van der Waals surface area contributed by atoms with Crippen molar-refractivity contribution in [3.8, 4) is 11.4 Å². The molecule has 1 aliphatic rings. The van der Waals surface area contributed by atoms with Crippen LogP contribution in [0.4, 0.5) is 8.78 Å². The van der Waals surface area contributed by atoms with E-state index in [0.717, 1.165) is 12.0 Å². The first-order chi connectivity index (χ1) is 17.1. The molecule has 0 N–H and O–H groups in total. The fourth-order valence-corrected chi connectivity index (χ4v) is 4.65. The number of alkyl halides is 2. The van der Waals surface area contributed by atoms with E-state index < -0.39 is 5.92 Å². The zero-order valence-electron chi connectivity index (χ0n) is 20.6. The molecule has 1 fully saturated rings. The molecule has 0 saturated carbocycles. The van der Waals surface area contributed by atoms with Crippen molar-refractivity contribution in [2.45, 2.75) is 51.9 Å². The summed E-state index contributed by atoms with van der Waals surface area (Å²) in [6.07, 6.45) is 0.991. The Morgan fingerprint density at radius 3 is 2.42 bits per heavy atom. The number of hydrogen-bond donors (Lipinski definition) is 0. The molecule has 2 heterocycles. The van der Waals surface area contributed by atoms with Gasteiger partial charge in [-0.15, -0.1) is 5.10 Å². The van der Waals surface area contributed by atoms with Crippen molar-refractivity contribution in [2.75, 3.05) is 19.6 Å². The van der Waals surface area contributed by atoms with E-state index in [0.29, 0.717) is 48.3 Å².